The predicted molar refractivity (Wildman–Crippen MR) is 87.1 cm³/mol. The van der Waals surface area contributed by atoms with Crippen molar-refractivity contribution in [2.75, 3.05) is 23.0 Å². The van der Waals surface area contributed by atoms with E-state index in [2.05, 4.69) is 22.5 Å². The van der Waals surface area contributed by atoms with E-state index in [0.29, 0.717) is 5.56 Å². The Labute approximate surface area is 130 Å². The summed E-state index contributed by atoms with van der Waals surface area (Å²) in [6, 6.07) is 7.35. The van der Waals surface area contributed by atoms with E-state index in [1.54, 1.807) is 29.6 Å². The van der Waals surface area contributed by atoms with Crippen LogP contribution in [0.15, 0.2) is 40.9 Å². The summed E-state index contributed by atoms with van der Waals surface area (Å²) in [4.78, 5) is 12.1. The predicted octanol–water partition coefficient (Wildman–Crippen LogP) is 4.01. The highest BCUT2D eigenvalue weighted by atomic mass is 79.9. The summed E-state index contributed by atoms with van der Waals surface area (Å²) in [6.45, 7) is 4.01. The molecule has 1 saturated heterocycles. The summed E-state index contributed by atoms with van der Waals surface area (Å²) in [6.07, 6.45) is -0.0253. The maximum atomic E-state index is 12.1. The Hall–Kier alpha value is -0.390. The zero-order valence-corrected chi connectivity index (χ0v) is 13.7. The van der Waals surface area contributed by atoms with Gasteiger partial charge in [-0.05, 0) is 28.1 Å². The smallest absolute Gasteiger partial charge is 0.339 e. The lowest BCUT2D eigenvalue weighted by Crippen LogP contribution is -2.25. The molecule has 0 saturated carbocycles. The molecule has 1 aliphatic heterocycles. The molecule has 0 unspecified atom stereocenters. The van der Waals surface area contributed by atoms with Gasteiger partial charge in [0.05, 0.1) is 5.56 Å². The van der Waals surface area contributed by atoms with Crippen molar-refractivity contribution in [2.24, 2.45) is 0 Å². The van der Waals surface area contributed by atoms with Crippen molar-refractivity contribution in [1.29, 1.82) is 0 Å². The minimum absolute atomic E-state index is 0.0253. The second kappa shape index (κ2) is 7.41. The number of esters is 1. The molecule has 102 valence electrons. The van der Waals surface area contributed by atoms with E-state index >= 15 is 0 Å². The lowest BCUT2D eigenvalue weighted by Gasteiger charge is -2.20. The fourth-order valence-electron chi connectivity index (χ4n) is 1.67. The fourth-order valence-corrected chi connectivity index (χ4v) is 4.31. The number of benzene rings is 1. The summed E-state index contributed by atoms with van der Waals surface area (Å²) in [5, 5.41) is 0. The van der Waals surface area contributed by atoms with Gasteiger partial charge in [0.15, 0.2) is 0 Å². The minimum Gasteiger partial charge on any atom is -0.457 e. The van der Waals surface area contributed by atoms with Crippen LogP contribution in [0.2, 0.25) is 0 Å². The Bertz CT molecular complexity index is 464. The van der Waals surface area contributed by atoms with Gasteiger partial charge in [0.25, 0.3) is 0 Å². The van der Waals surface area contributed by atoms with Crippen LogP contribution in [-0.2, 0) is 4.74 Å². The third kappa shape index (κ3) is 4.58. The Kier molecular flexibility index (Phi) is 5.85. The van der Waals surface area contributed by atoms with Gasteiger partial charge in [-0.25, -0.2) is 4.79 Å². The van der Waals surface area contributed by atoms with E-state index in [9.17, 15) is 4.79 Å². The molecule has 5 heteroatoms. The van der Waals surface area contributed by atoms with Gasteiger partial charge >= 0.3 is 5.97 Å². The molecule has 0 amide bonds. The van der Waals surface area contributed by atoms with Crippen molar-refractivity contribution >= 4 is 45.4 Å². The summed E-state index contributed by atoms with van der Waals surface area (Å²) >= 11 is 6.94. The first-order valence-electron chi connectivity index (χ1n) is 5.94. The molecule has 1 aromatic rings. The molecule has 0 radical (unpaired) electrons. The van der Waals surface area contributed by atoms with Crippen LogP contribution in [0.5, 0.6) is 0 Å². The third-order valence-corrected chi connectivity index (χ3v) is 5.72. The van der Waals surface area contributed by atoms with E-state index in [4.69, 9.17) is 4.74 Å². The van der Waals surface area contributed by atoms with Crippen LogP contribution in [0.4, 0.5) is 0 Å². The molecule has 0 aromatic heterocycles. The normalized spacial score (nSPS) is 17.6. The maximum Gasteiger partial charge on any atom is 0.339 e. The van der Waals surface area contributed by atoms with Gasteiger partial charge in [-0.15, -0.1) is 0 Å². The molecule has 0 atom stereocenters. The van der Waals surface area contributed by atoms with Crippen molar-refractivity contribution in [3.05, 3.63) is 46.5 Å². The van der Waals surface area contributed by atoms with E-state index in [1.807, 2.05) is 18.2 Å². The van der Waals surface area contributed by atoms with Gasteiger partial charge in [-0.3, -0.25) is 0 Å². The quantitative estimate of drug-likeness (QED) is 0.589. The molecular weight excluding hydrogens is 344 g/mol. The first-order chi connectivity index (χ1) is 9.16. The van der Waals surface area contributed by atoms with Crippen LogP contribution in [0.25, 0.3) is 0 Å². The monoisotopic (exact) mass is 358 g/mol. The van der Waals surface area contributed by atoms with Crippen molar-refractivity contribution in [3.63, 3.8) is 0 Å². The minimum atomic E-state index is -0.252. The first kappa shape index (κ1) is 15.0. The molecule has 1 aromatic carbocycles. The van der Waals surface area contributed by atoms with E-state index in [1.165, 1.54) is 5.57 Å². The number of hydrogen-bond acceptors (Lipinski definition) is 4. The zero-order chi connectivity index (χ0) is 13.7. The van der Waals surface area contributed by atoms with Crippen molar-refractivity contribution < 1.29 is 9.53 Å². The Morgan fingerprint density at radius 2 is 1.89 bits per heavy atom. The Balaban J connectivity index is 1.95. The number of ether oxygens (including phenoxy) is 1. The van der Waals surface area contributed by atoms with Gasteiger partial charge < -0.3 is 4.74 Å². The van der Waals surface area contributed by atoms with Gasteiger partial charge in [0, 0.05) is 27.5 Å². The van der Waals surface area contributed by atoms with Crippen LogP contribution in [-0.4, -0.2) is 35.1 Å². The average molecular weight is 359 g/mol. The highest BCUT2D eigenvalue weighted by Gasteiger charge is 2.19. The molecule has 0 aliphatic carbocycles. The molecule has 19 heavy (non-hydrogen) atoms. The summed E-state index contributed by atoms with van der Waals surface area (Å²) in [7, 11) is 0. The number of carbonyl (C=O) groups excluding carboxylic acids is 1. The van der Waals surface area contributed by atoms with Crippen molar-refractivity contribution in [1.82, 2.24) is 0 Å². The lowest BCUT2D eigenvalue weighted by molar-refractivity contribution is 0.0393. The average Bonchev–Trinajstić information content (AvgIpc) is 2.36. The largest absolute Gasteiger partial charge is 0.457 e. The fraction of sp³-hybridized carbons (Fsp3) is 0.357. The third-order valence-electron chi connectivity index (χ3n) is 2.59. The SMILES string of the molecule is C=C1CSCC(OC(=O)c2ccccc2Br)CSC1. The maximum absolute atomic E-state index is 12.1. The number of hydrogen-bond donors (Lipinski definition) is 0. The molecule has 0 bridgehead atoms. The number of rotatable bonds is 2. The van der Waals surface area contributed by atoms with Gasteiger partial charge in [0.1, 0.15) is 6.10 Å². The van der Waals surface area contributed by atoms with E-state index in [0.717, 1.165) is 27.5 Å². The molecule has 2 nitrogen and oxygen atoms in total. The summed E-state index contributed by atoms with van der Waals surface area (Å²) in [5.74, 6) is 3.33. The molecule has 1 aliphatic rings. The van der Waals surface area contributed by atoms with E-state index in [-0.39, 0.29) is 12.1 Å². The number of carbonyl (C=O) groups is 1. The molecule has 0 N–H and O–H groups in total. The zero-order valence-electron chi connectivity index (χ0n) is 10.4. The molecule has 1 heterocycles. The topological polar surface area (TPSA) is 26.3 Å². The van der Waals surface area contributed by atoms with Gasteiger partial charge in [-0.2, -0.15) is 23.5 Å². The van der Waals surface area contributed by atoms with Crippen molar-refractivity contribution in [2.45, 2.75) is 6.10 Å². The number of halogens is 1. The molecule has 0 spiro atoms. The highest BCUT2D eigenvalue weighted by molar-refractivity contribution is 9.10. The van der Waals surface area contributed by atoms with Crippen LogP contribution >= 0.6 is 39.5 Å². The number of thioether (sulfide) groups is 2. The second-order valence-corrected chi connectivity index (χ2v) is 7.20. The van der Waals surface area contributed by atoms with E-state index < -0.39 is 0 Å². The Morgan fingerprint density at radius 3 is 2.53 bits per heavy atom. The first-order valence-corrected chi connectivity index (χ1v) is 9.04. The van der Waals surface area contributed by atoms with Crippen LogP contribution in [0.3, 0.4) is 0 Å². The molecule has 2 rings (SSSR count). The van der Waals surface area contributed by atoms with Gasteiger partial charge in [0.2, 0.25) is 0 Å². The molecular formula is C14H15BrO2S2. The van der Waals surface area contributed by atoms with Gasteiger partial charge in [-0.1, -0.05) is 24.3 Å². The van der Waals surface area contributed by atoms with Crippen LogP contribution in [0, 0.1) is 0 Å². The highest BCUT2D eigenvalue weighted by Crippen LogP contribution is 2.23. The standard InChI is InChI=1S/C14H15BrO2S2/c1-10-6-18-8-11(9-19-7-10)17-14(16)12-4-2-3-5-13(12)15/h2-5,11H,1,6-9H2. The lowest BCUT2D eigenvalue weighted by atomic mass is 10.2. The van der Waals surface area contributed by atoms with Crippen molar-refractivity contribution in [3.8, 4) is 0 Å². The Morgan fingerprint density at radius 1 is 1.26 bits per heavy atom. The second-order valence-electron chi connectivity index (χ2n) is 4.29. The summed E-state index contributed by atoms with van der Waals surface area (Å²) < 4.78 is 6.37. The molecule has 1 fully saturated rings. The van der Waals surface area contributed by atoms with Crippen LogP contribution < -0.4 is 0 Å². The van der Waals surface area contributed by atoms with Crippen LogP contribution in [0.1, 0.15) is 10.4 Å². The summed E-state index contributed by atoms with van der Waals surface area (Å²) in [5.41, 5.74) is 1.84.